The molecular formula is C17H22ClN3OS. The number of carbonyl (C=O) groups excluding carboxylic acids is 1. The molecule has 23 heavy (non-hydrogen) atoms. The van der Waals surface area contributed by atoms with Crippen molar-refractivity contribution >= 4 is 28.8 Å². The largest absolute Gasteiger partial charge is 0.350 e. The van der Waals surface area contributed by atoms with Gasteiger partial charge in [0, 0.05) is 23.7 Å². The molecule has 0 saturated heterocycles. The molecule has 0 aliphatic heterocycles. The van der Waals surface area contributed by atoms with Crippen LogP contribution in [0.15, 0.2) is 24.3 Å². The van der Waals surface area contributed by atoms with E-state index in [1.807, 2.05) is 31.2 Å². The Kier molecular flexibility index (Phi) is 6.57. The molecule has 2 aromatic rings. The summed E-state index contributed by atoms with van der Waals surface area (Å²) in [5, 5.41) is 4.51. The number of nitrogens with zero attached hydrogens (tertiary/aromatic N) is 2. The number of amides is 1. The Morgan fingerprint density at radius 2 is 1.91 bits per heavy atom. The molecule has 0 saturated carbocycles. The summed E-state index contributed by atoms with van der Waals surface area (Å²) in [5.41, 5.74) is 1.74. The number of aromatic nitrogens is 1. The number of carbonyl (C=O) groups is 1. The standard InChI is InChI=1S/C17H22ClN3OS/c1-4-21(5-2)11-10-19-16(22)15-12(3)20-17(23-15)13-6-8-14(18)9-7-13/h6-9H,4-5,10-11H2,1-3H3,(H,19,22). The van der Waals surface area contributed by atoms with E-state index in [1.54, 1.807) is 0 Å². The second-order valence-corrected chi connectivity index (χ2v) is 6.66. The number of thiazole rings is 1. The molecule has 0 fully saturated rings. The van der Waals surface area contributed by atoms with Crippen LogP contribution in [-0.2, 0) is 0 Å². The fourth-order valence-electron chi connectivity index (χ4n) is 2.27. The highest BCUT2D eigenvalue weighted by atomic mass is 35.5. The zero-order chi connectivity index (χ0) is 16.8. The highest BCUT2D eigenvalue weighted by Gasteiger charge is 2.16. The third-order valence-electron chi connectivity index (χ3n) is 3.70. The average molecular weight is 352 g/mol. The first-order valence-electron chi connectivity index (χ1n) is 7.79. The second kappa shape index (κ2) is 8.43. The highest BCUT2D eigenvalue weighted by molar-refractivity contribution is 7.17. The van der Waals surface area contributed by atoms with Gasteiger partial charge in [-0.05, 0) is 32.1 Å². The van der Waals surface area contributed by atoms with Gasteiger partial charge in [-0.25, -0.2) is 4.98 Å². The van der Waals surface area contributed by atoms with Gasteiger partial charge in [0.15, 0.2) is 0 Å². The van der Waals surface area contributed by atoms with E-state index in [0.29, 0.717) is 16.4 Å². The van der Waals surface area contributed by atoms with Crippen LogP contribution in [0.1, 0.15) is 29.2 Å². The first kappa shape index (κ1) is 17.9. The topological polar surface area (TPSA) is 45.2 Å². The maximum Gasteiger partial charge on any atom is 0.263 e. The Balaban J connectivity index is 2.02. The van der Waals surface area contributed by atoms with E-state index in [4.69, 9.17) is 11.6 Å². The van der Waals surface area contributed by atoms with Gasteiger partial charge >= 0.3 is 0 Å². The molecule has 1 aromatic heterocycles. The van der Waals surface area contributed by atoms with Crippen LogP contribution in [0.5, 0.6) is 0 Å². The summed E-state index contributed by atoms with van der Waals surface area (Å²) in [6.07, 6.45) is 0. The van der Waals surface area contributed by atoms with Crippen LogP contribution in [0.2, 0.25) is 5.02 Å². The van der Waals surface area contributed by atoms with Crippen molar-refractivity contribution in [2.45, 2.75) is 20.8 Å². The highest BCUT2D eigenvalue weighted by Crippen LogP contribution is 2.28. The van der Waals surface area contributed by atoms with Crippen LogP contribution in [0.4, 0.5) is 0 Å². The van der Waals surface area contributed by atoms with Gasteiger partial charge in [0.05, 0.1) is 5.69 Å². The maximum absolute atomic E-state index is 12.3. The van der Waals surface area contributed by atoms with E-state index in [2.05, 4.69) is 29.0 Å². The van der Waals surface area contributed by atoms with Crippen molar-refractivity contribution in [1.29, 1.82) is 0 Å². The zero-order valence-corrected chi connectivity index (χ0v) is 15.3. The Labute approximate surface area is 146 Å². The lowest BCUT2D eigenvalue weighted by Crippen LogP contribution is -2.34. The fourth-order valence-corrected chi connectivity index (χ4v) is 3.38. The summed E-state index contributed by atoms with van der Waals surface area (Å²) in [4.78, 5) is 19.8. The number of likely N-dealkylation sites (N-methyl/N-ethyl adjacent to an activating group) is 1. The van der Waals surface area contributed by atoms with Gasteiger partial charge in [0.25, 0.3) is 5.91 Å². The molecule has 0 radical (unpaired) electrons. The molecule has 4 nitrogen and oxygen atoms in total. The summed E-state index contributed by atoms with van der Waals surface area (Å²) in [5.74, 6) is -0.0487. The normalized spacial score (nSPS) is 11.0. The number of nitrogens with one attached hydrogen (secondary N) is 1. The number of hydrogen-bond acceptors (Lipinski definition) is 4. The molecular weight excluding hydrogens is 330 g/mol. The lowest BCUT2D eigenvalue weighted by atomic mass is 10.2. The maximum atomic E-state index is 12.3. The summed E-state index contributed by atoms with van der Waals surface area (Å²) in [7, 11) is 0. The van der Waals surface area contributed by atoms with E-state index in [0.717, 1.165) is 35.9 Å². The molecule has 0 aliphatic carbocycles. The summed E-state index contributed by atoms with van der Waals surface area (Å²) < 4.78 is 0. The van der Waals surface area contributed by atoms with E-state index in [9.17, 15) is 4.79 Å². The van der Waals surface area contributed by atoms with Crippen molar-refractivity contribution in [3.8, 4) is 10.6 Å². The fraction of sp³-hybridized carbons (Fsp3) is 0.412. The third kappa shape index (κ3) is 4.77. The number of benzene rings is 1. The Morgan fingerprint density at radius 3 is 2.52 bits per heavy atom. The van der Waals surface area contributed by atoms with Crippen molar-refractivity contribution in [1.82, 2.24) is 15.2 Å². The van der Waals surface area contributed by atoms with E-state index in [1.165, 1.54) is 11.3 Å². The molecule has 0 bridgehead atoms. The van der Waals surface area contributed by atoms with E-state index < -0.39 is 0 Å². The summed E-state index contributed by atoms with van der Waals surface area (Å²) in [6.45, 7) is 9.61. The molecule has 1 heterocycles. The van der Waals surface area contributed by atoms with E-state index >= 15 is 0 Å². The lowest BCUT2D eigenvalue weighted by Gasteiger charge is -2.17. The number of hydrogen-bond donors (Lipinski definition) is 1. The Morgan fingerprint density at radius 1 is 1.26 bits per heavy atom. The summed E-state index contributed by atoms with van der Waals surface area (Å²) >= 11 is 7.32. The van der Waals surface area contributed by atoms with Gasteiger partial charge in [-0.2, -0.15) is 0 Å². The van der Waals surface area contributed by atoms with Gasteiger partial charge in [0.1, 0.15) is 9.88 Å². The minimum Gasteiger partial charge on any atom is -0.350 e. The smallest absolute Gasteiger partial charge is 0.263 e. The van der Waals surface area contributed by atoms with Crippen LogP contribution in [0, 0.1) is 6.92 Å². The van der Waals surface area contributed by atoms with Crippen LogP contribution in [0.25, 0.3) is 10.6 Å². The van der Waals surface area contributed by atoms with Gasteiger partial charge in [-0.15, -0.1) is 11.3 Å². The molecule has 6 heteroatoms. The SMILES string of the molecule is CCN(CC)CCNC(=O)c1sc(-c2ccc(Cl)cc2)nc1C. The minimum atomic E-state index is -0.0487. The molecule has 124 valence electrons. The predicted molar refractivity (Wildman–Crippen MR) is 97.4 cm³/mol. The van der Waals surface area contributed by atoms with Crippen LogP contribution in [-0.4, -0.2) is 42.0 Å². The molecule has 0 aliphatic rings. The van der Waals surface area contributed by atoms with Crippen molar-refractivity contribution in [3.05, 3.63) is 39.9 Å². The molecule has 2 rings (SSSR count). The monoisotopic (exact) mass is 351 g/mol. The second-order valence-electron chi connectivity index (χ2n) is 5.22. The zero-order valence-electron chi connectivity index (χ0n) is 13.7. The van der Waals surface area contributed by atoms with Crippen LogP contribution >= 0.6 is 22.9 Å². The first-order chi connectivity index (χ1) is 11.0. The van der Waals surface area contributed by atoms with Gasteiger partial charge < -0.3 is 10.2 Å². The molecule has 0 atom stereocenters. The van der Waals surface area contributed by atoms with Crippen LogP contribution < -0.4 is 5.32 Å². The number of aryl methyl sites for hydroxylation is 1. The molecule has 0 spiro atoms. The predicted octanol–water partition coefficient (Wildman–Crippen LogP) is 3.84. The molecule has 1 aromatic carbocycles. The number of halogens is 1. The van der Waals surface area contributed by atoms with Crippen LogP contribution in [0.3, 0.4) is 0 Å². The van der Waals surface area contributed by atoms with Crippen molar-refractivity contribution in [3.63, 3.8) is 0 Å². The molecule has 1 amide bonds. The summed E-state index contributed by atoms with van der Waals surface area (Å²) in [6, 6.07) is 7.50. The lowest BCUT2D eigenvalue weighted by molar-refractivity contribution is 0.0952. The van der Waals surface area contributed by atoms with Crippen molar-refractivity contribution in [2.75, 3.05) is 26.2 Å². The first-order valence-corrected chi connectivity index (χ1v) is 8.98. The van der Waals surface area contributed by atoms with Gasteiger partial charge in [-0.3, -0.25) is 4.79 Å². The van der Waals surface area contributed by atoms with Gasteiger partial charge in [-0.1, -0.05) is 37.6 Å². The van der Waals surface area contributed by atoms with E-state index in [-0.39, 0.29) is 5.91 Å². The third-order valence-corrected chi connectivity index (χ3v) is 5.16. The van der Waals surface area contributed by atoms with Crippen molar-refractivity contribution < 1.29 is 4.79 Å². The van der Waals surface area contributed by atoms with Crippen molar-refractivity contribution in [2.24, 2.45) is 0 Å². The minimum absolute atomic E-state index is 0.0487. The molecule has 0 unspecified atom stereocenters. The quantitative estimate of drug-likeness (QED) is 0.824. The Hall–Kier alpha value is -1.43. The van der Waals surface area contributed by atoms with Gasteiger partial charge in [0.2, 0.25) is 0 Å². The Bertz CT molecular complexity index is 650. The molecule has 1 N–H and O–H groups in total. The average Bonchev–Trinajstić information content (AvgIpc) is 2.94. The number of rotatable bonds is 7.